The Balaban J connectivity index is 2.07. The molecule has 0 amide bonds. The van der Waals surface area contributed by atoms with E-state index < -0.39 is 23.0 Å². The average Bonchev–Trinajstić information content (AvgIpc) is 2.21. The fourth-order valence-electron chi connectivity index (χ4n) is 1.55. The Hall–Kier alpha value is -1.69. The summed E-state index contributed by atoms with van der Waals surface area (Å²) in [5.41, 5.74) is -1.09. The first kappa shape index (κ1) is 11.8. The van der Waals surface area contributed by atoms with Gasteiger partial charge in [-0.1, -0.05) is 0 Å². The summed E-state index contributed by atoms with van der Waals surface area (Å²) < 4.78 is 31.0. The number of halogens is 2. The van der Waals surface area contributed by atoms with E-state index in [9.17, 15) is 13.6 Å². The Kier molecular flexibility index (Phi) is 2.97. The number of carbonyl (C=O) groups is 1. The average molecular weight is 243 g/mol. The molecule has 0 radical (unpaired) electrons. The molecule has 2 rings (SSSR count). The molecule has 1 aliphatic heterocycles. The second-order valence-corrected chi connectivity index (χ2v) is 4.06. The highest BCUT2D eigenvalue weighted by Crippen LogP contribution is 2.28. The molecule has 6 heteroatoms. The van der Waals surface area contributed by atoms with Crippen molar-refractivity contribution in [2.24, 2.45) is 5.41 Å². The molecule has 17 heavy (non-hydrogen) atoms. The molecule has 0 unspecified atom stereocenters. The van der Waals surface area contributed by atoms with Crippen molar-refractivity contribution in [3.05, 3.63) is 29.8 Å². The minimum absolute atomic E-state index is 0.00269. The number of benzene rings is 1. The molecule has 1 aromatic carbocycles. The molecule has 0 spiro atoms. The van der Waals surface area contributed by atoms with Crippen molar-refractivity contribution < 1.29 is 23.4 Å². The smallest absolute Gasteiger partial charge is 0.316 e. The summed E-state index contributed by atoms with van der Waals surface area (Å²) in [7, 11) is 0. The van der Waals surface area contributed by atoms with Gasteiger partial charge in [-0.15, -0.1) is 0 Å². The second kappa shape index (κ2) is 4.29. The molecule has 0 saturated carbocycles. The molecular weight excluding hydrogens is 232 g/mol. The predicted molar refractivity (Wildman–Crippen MR) is 55.7 cm³/mol. The zero-order chi connectivity index (χ0) is 12.5. The molecule has 4 nitrogen and oxygen atoms in total. The van der Waals surface area contributed by atoms with Crippen LogP contribution in [0, 0.1) is 17.0 Å². The normalized spacial score (nSPS) is 17.3. The van der Waals surface area contributed by atoms with Crippen LogP contribution < -0.4 is 5.32 Å². The molecule has 1 aromatic rings. The molecule has 0 aromatic heterocycles. The fourth-order valence-corrected chi connectivity index (χ4v) is 1.55. The van der Waals surface area contributed by atoms with Crippen LogP contribution in [0.5, 0.6) is 0 Å². The number of nitrogens with one attached hydrogen (secondary N) is 1. The molecule has 1 fully saturated rings. The van der Waals surface area contributed by atoms with Gasteiger partial charge in [0.05, 0.1) is 18.9 Å². The zero-order valence-corrected chi connectivity index (χ0v) is 8.87. The topological polar surface area (TPSA) is 58.6 Å². The summed E-state index contributed by atoms with van der Waals surface area (Å²) in [6, 6.07) is 2.98. The second-order valence-electron chi connectivity index (χ2n) is 4.06. The van der Waals surface area contributed by atoms with Crippen molar-refractivity contribution in [1.29, 1.82) is 0 Å². The van der Waals surface area contributed by atoms with Crippen LogP contribution in [0.15, 0.2) is 18.2 Å². The summed E-state index contributed by atoms with van der Waals surface area (Å²) in [4.78, 5) is 11.0. The Morgan fingerprint density at radius 3 is 2.71 bits per heavy atom. The lowest BCUT2D eigenvalue weighted by Gasteiger charge is -2.37. The lowest BCUT2D eigenvalue weighted by molar-refractivity contribution is -0.176. The van der Waals surface area contributed by atoms with Gasteiger partial charge in [0.25, 0.3) is 0 Å². The van der Waals surface area contributed by atoms with Gasteiger partial charge >= 0.3 is 5.97 Å². The maximum Gasteiger partial charge on any atom is 0.316 e. The van der Waals surface area contributed by atoms with E-state index in [0.29, 0.717) is 0 Å². The molecule has 0 aliphatic carbocycles. The van der Waals surface area contributed by atoms with E-state index in [1.807, 2.05) is 0 Å². The van der Waals surface area contributed by atoms with Crippen LogP contribution in [-0.4, -0.2) is 30.8 Å². The van der Waals surface area contributed by atoms with Crippen LogP contribution in [0.4, 0.5) is 14.5 Å². The lowest BCUT2D eigenvalue weighted by Crippen LogP contribution is -2.53. The fraction of sp³-hybridized carbons (Fsp3) is 0.364. The first-order valence-electron chi connectivity index (χ1n) is 5.04. The molecular formula is C11H11F2NO3. The van der Waals surface area contributed by atoms with Crippen molar-refractivity contribution in [3.8, 4) is 0 Å². The standard InChI is InChI=1S/C11H11F2NO3/c12-7-1-2-8(13)9(3-7)14-4-11(10(15)16)5-17-6-11/h1-3,14H,4-6H2,(H,15,16). The third-order valence-corrected chi connectivity index (χ3v) is 2.76. The monoisotopic (exact) mass is 243 g/mol. The van der Waals surface area contributed by atoms with Crippen molar-refractivity contribution in [1.82, 2.24) is 0 Å². The van der Waals surface area contributed by atoms with Gasteiger partial charge in [-0.05, 0) is 18.2 Å². The van der Waals surface area contributed by atoms with Gasteiger partial charge in [0.15, 0.2) is 0 Å². The minimum atomic E-state index is -1.04. The Labute approximate surface area is 96.2 Å². The highest BCUT2D eigenvalue weighted by molar-refractivity contribution is 5.77. The van der Waals surface area contributed by atoms with Crippen LogP contribution in [0.3, 0.4) is 0 Å². The van der Waals surface area contributed by atoms with Gasteiger partial charge in [0.1, 0.15) is 17.0 Å². The molecule has 1 saturated heterocycles. The third kappa shape index (κ3) is 2.21. The van der Waals surface area contributed by atoms with Crippen LogP contribution in [0.1, 0.15) is 0 Å². The van der Waals surface area contributed by atoms with E-state index in [2.05, 4.69) is 5.32 Å². The number of hydrogen-bond acceptors (Lipinski definition) is 3. The lowest BCUT2D eigenvalue weighted by atomic mass is 9.86. The number of rotatable bonds is 4. The van der Waals surface area contributed by atoms with Gasteiger partial charge in [-0.2, -0.15) is 0 Å². The number of anilines is 1. The molecule has 1 aliphatic rings. The number of carboxylic acid groups (broad SMARTS) is 1. The van der Waals surface area contributed by atoms with E-state index >= 15 is 0 Å². The quantitative estimate of drug-likeness (QED) is 0.840. The highest BCUT2D eigenvalue weighted by Gasteiger charge is 2.46. The minimum Gasteiger partial charge on any atom is -0.481 e. The molecule has 0 atom stereocenters. The van der Waals surface area contributed by atoms with Crippen molar-refractivity contribution >= 4 is 11.7 Å². The number of carboxylic acids is 1. The Morgan fingerprint density at radius 1 is 1.47 bits per heavy atom. The van der Waals surface area contributed by atoms with Crippen molar-refractivity contribution in [2.75, 3.05) is 25.1 Å². The van der Waals surface area contributed by atoms with Gasteiger partial charge in [-0.3, -0.25) is 4.79 Å². The van der Waals surface area contributed by atoms with Gasteiger partial charge in [-0.25, -0.2) is 8.78 Å². The first-order chi connectivity index (χ1) is 8.03. The van der Waals surface area contributed by atoms with Gasteiger partial charge < -0.3 is 15.2 Å². The summed E-state index contributed by atoms with van der Waals surface area (Å²) >= 11 is 0. The highest BCUT2D eigenvalue weighted by atomic mass is 19.1. The van der Waals surface area contributed by atoms with Gasteiger partial charge in [0, 0.05) is 6.54 Å². The largest absolute Gasteiger partial charge is 0.481 e. The summed E-state index contributed by atoms with van der Waals surface area (Å²) in [6.45, 7) is 0.154. The number of aliphatic carboxylic acids is 1. The molecule has 2 N–H and O–H groups in total. The zero-order valence-electron chi connectivity index (χ0n) is 8.87. The molecule has 0 bridgehead atoms. The first-order valence-corrected chi connectivity index (χ1v) is 5.04. The van der Waals surface area contributed by atoms with Crippen LogP contribution in [0.25, 0.3) is 0 Å². The summed E-state index contributed by atoms with van der Waals surface area (Å²) in [5.74, 6) is -2.21. The van der Waals surface area contributed by atoms with Crippen molar-refractivity contribution in [3.63, 3.8) is 0 Å². The Bertz CT molecular complexity index is 446. The van der Waals surface area contributed by atoms with E-state index in [0.717, 1.165) is 18.2 Å². The maximum absolute atomic E-state index is 13.3. The predicted octanol–water partition coefficient (Wildman–Crippen LogP) is 1.48. The van der Waals surface area contributed by atoms with E-state index in [4.69, 9.17) is 9.84 Å². The maximum atomic E-state index is 13.3. The van der Waals surface area contributed by atoms with E-state index in [1.165, 1.54) is 0 Å². The molecule has 92 valence electrons. The summed E-state index contributed by atoms with van der Waals surface area (Å²) in [5, 5.41) is 11.6. The third-order valence-electron chi connectivity index (χ3n) is 2.76. The van der Waals surface area contributed by atoms with E-state index in [1.54, 1.807) is 0 Å². The Morgan fingerprint density at radius 2 is 2.18 bits per heavy atom. The SMILES string of the molecule is O=C(O)C1(CNc2cc(F)ccc2F)COC1. The van der Waals surface area contributed by atoms with Crippen LogP contribution >= 0.6 is 0 Å². The van der Waals surface area contributed by atoms with Crippen LogP contribution in [-0.2, 0) is 9.53 Å². The van der Waals surface area contributed by atoms with E-state index in [-0.39, 0.29) is 25.4 Å². The van der Waals surface area contributed by atoms with Crippen LogP contribution in [0.2, 0.25) is 0 Å². The number of hydrogen-bond donors (Lipinski definition) is 2. The summed E-state index contributed by atoms with van der Waals surface area (Å²) in [6.07, 6.45) is 0. The number of ether oxygens (including phenoxy) is 1. The van der Waals surface area contributed by atoms with Gasteiger partial charge in [0.2, 0.25) is 0 Å². The van der Waals surface area contributed by atoms with Crippen molar-refractivity contribution in [2.45, 2.75) is 0 Å². The molecule has 1 heterocycles.